The van der Waals surface area contributed by atoms with Gasteiger partial charge in [-0.2, -0.15) is 0 Å². The molecule has 1 aliphatic heterocycles. The first-order chi connectivity index (χ1) is 9.79. The zero-order valence-corrected chi connectivity index (χ0v) is 11.5. The first-order valence-electron chi connectivity index (χ1n) is 6.66. The van der Waals surface area contributed by atoms with Crippen molar-refractivity contribution in [2.75, 3.05) is 44.9 Å². The molecular formula is C14H19NO5. The van der Waals surface area contributed by atoms with E-state index in [2.05, 4.69) is 5.32 Å². The summed E-state index contributed by atoms with van der Waals surface area (Å²) in [5, 5.41) is 3.19. The third-order valence-corrected chi connectivity index (χ3v) is 2.64. The Balaban J connectivity index is 1.68. The summed E-state index contributed by atoms with van der Waals surface area (Å²) in [6.45, 7) is 4.29. The number of esters is 1. The second kappa shape index (κ2) is 7.59. The highest BCUT2D eigenvalue weighted by Gasteiger charge is 2.11. The van der Waals surface area contributed by atoms with Crippen molar-refractivity contribution in [2.24, 2.45) is 0 Å². The molecule has 110 valence electrons. The summed E-state index contributed by atoms with van der Waals surface area (Å²) in [7, 11) is 0. The molecule has 1 N–H and O–H groups in total. The molecule has 0 saturated heterocycles. The predicted molar refractivity (Wildman–Crippen MR) is 73.4 cm³/mol. The van der Waals surface area contributed by atoms with Gasteiger partial charge in [-0.1, -0.05) is 0 Å². The van der Waals surface area contributed by atoms with E-state index < -0.39 is 0 Å². The number of carbonyl (C=O) groups excluding carboxylic acids is 1. The molecule has 6 heteroatoms. The predicted octanol–water partition coefficient (Wildman–Crippen LogP) is 1.45. The number of benzene rings is 1. The van der Waals surface area contributed by atoms with Crippen LogP contribution < -0.4 is 14.8 Å². The number of anilines is 1. The van der Waals surface area contributed by atoms with Crippen LogP contribution in [0.4, 0.5) is 5.69 Å². The van der Waals surface area contributed by atoms with Crippen LogP contribution in [0.5, 0.6) is 11.5 Å². The summed E-state index contributed by atoms with van der Waals surface area (Å²) in [6, 6.07) is 5.68. The number of hydrogen-bond acceptors (Lipinski definition) is 6. The normalized spacial score (nSPS) is 12.8. The van der Waals surface area contributed by atoms with E-state index in [1.54, 1.807) is 6.92 Å². The first kappa shape index (κ1) is 14.5. The molecule has 20 heavy (non-hydrogen) atoms. The molecule has 1 aromatic carbocycles. The smallest absolute Gasteiger partial charge is 0.332 e. The van der Waals surface area contributed by atoms with Gasteiger partial charge >= 0.3 is 5.97 Å². The fraction of sp³-hybridized carbons (Fsp3) is 0.500. The van der Waals surface area contributed by atoms with Crippen LogP contribution in [-0.4, -0.2) is 45.5 Å². The van der Waals surface area contributed by atoms with E-state index in [0.717, 1.165) is 17.2 Å². The maximum absolute atomic E-state index is 11.0. The summed E-state index contributed by atoms with van der Waals surface area (Å²) in [4.78, 5) is 11.0. The minimum absolute atomic E-state index is 0.0172. The molecule has 2 rings (SSSR count). The summed E-state index contributed by atoms with van der Waals surface area (Å²) in [5.41, 5.74) is 0.925. The molecule has 0 fully saturated rings. The molecule has 0 unspecified atom stereocenters. The summed E-state index contributed by atoms with van der Waals surface area (Å²) < 4.78 is 20.9. The van der Waals surface area contributed by atoms with Crippen molar-refractivity contribution in [3.8, 4) is 11.5 Å². The summed E-state index contributed by atoms with van der Waals surface area (Å²) in [6.07, 6.45) is 0. The number of rotatable bonds is 7. The van der Waals surface area contributed by atoms with Gasteiger partial charge < -0.3 is 24.3 Å². The highest BCUT2D eigenvalue weighted by molar-refractivity contribution is 5.70. The second-order valence-corrected chi connectivity index (χ2v) is 4.14. The van der Waals surface area contributed by atoms with Crippen LogP contribution in [0, 0.1) is 0 Å². The Morgan fingerprint density at radius 2 is 2.10 bits per heavy atom. The van der Waals surface area contributed by atoms with Gasteiger partial charge in [-0.15, -0.1) is 0 Å². The minimum atomic E-state index is -0.341. The van der Waals surface area contributed by atoms with Crippen molar-refractivity contribution in [3.05, 3.63) is 18.2 Å². The van der Waals surface area contributed by atoms with Crippen LogP contribution >= 0.6 is 0 Å². The Bertz CT molecular complexity index is 449. The van der Waals surface area contributed by atoms with Crippen molar-refractivity contribution >= 4 is 11.7 Å². The van der Waals surface area contributed by atoms with E-state index in [0.29, 0.717) is 33.0 Å². The van der Waals surface area contributed by atoms with Gasteiger partial charge in [0.2, 0.25) is 0 Å². The average Bonchev–Trinajstić information content (AvgIpc) is 2.47. The number of ether oxygens (including phenoxy) is 4. The third kappa shape index (κ3) is 4.31. The Kier molecular flexibility index (Phi) is 5.49. The van der Waals surface area contributed by atoms with E-state index in [4.69, 9.17) is 18.9 Å². The maximum atomic E-state index is 11.0. The van der Waals surface area contributed by atoms with Crippen LogP contribution in [-0.2, 0) is 14.3 Å². The average molecular weight is 281 g/mol. The largest absolute Gasteiger partial charge is 0.486 e. The van der Waals surface area contributed by atoms with Crippen LogP contribution in [0.2, 0.25) is 0 Å². The number of nitrogens with one attached hydrogen (secondary N) is 1. The van der Waals surface area contributed by atoms with Gasteiger partial charge in [0.25, 0.3) is 0 Å². The Morgan fingerprint density at radius 1 is 1.30 bits per heavy atom. The van der Waals surface area contributed by atoms with E-state index in [9.17, 15) is 4.79 Å². The van der Waals surface area contributed by atoms with Gasteiger partial charge in [-0.3, -0.25) is 0 Å². The van der Waals surface area contributed by atoms with Gasteiger partial charge in [0.05, 0.1) is 13.2 Å². The Labute approximate surface area is 118 Å². The first-order valence-corrected chi connectivity index (χ1v) is 6.66. The zero-order chi connectivity index (χ0) is 14.2. The van der Waals surface area contributed by atoms with Crippen molar-refractivity contribution < 1.29 is 23.7 Å². The third-order valence-electron chi connectivity index (χ3n) is 2.64. The fourth-order valence-electron chi connectivity index (χ4n) is 1.78. The lowest BCUT2D eigenvalue weighted by Gasteiger charge is -2.19. The van der Waals surface area contributed by atoms with Gasteiger partial charge in [-0.25, -0.2) is 4.79 Å². The maximum Gasteiger partial charge on any atom is 0.332 e. The zero-order valence-electron chi connectivity index (χ0n) is 11.5. The van der Waals surface area contributed by atoms with Crippen molar-refractivity contribution in [1.82, 2.24) is 0 Å². The van der Waals surface area contributed by atoms with Crippen molar-refractivity contribution in [1.29, 1.82) is 0 Å². The monoisotopic (exact) mass is 281 g/mol. The molecule has 0 aliphatic carbocycles. The molecule has 1 heterocycles. The van der Waals surface area contributed by atoms with Crippen molar-refractivity contribution in [3.63, 3.8) is 0 Å². The lowest BCUT2D eigenvalue weighted by molar-refractivity contribution is -0.148. The lowest BCUT2D eigenvalue weighted by Crippen LogP contribution is -2.17. The van der Waals surface area contributed by atoms with Crippen LogP contribution in [0.1, 0.15) is 6.92 Å². The molecule has 0 amide bonds. The van der Waals surface area contributed by atoms with Gasteiger partial charge in [0.1, 0.15) is 19.8 Å². The molecule has 0 atom stereocenters. The molecule has 0 saturated carbocycles. The molecule has 0 aromatic heterocycles. The highest BCUT2D eigenvalue weighted by Crippen LogP contribution is 2.32. The Hall–Kier alpha value is -1.95. The summed E-state index contributed by atoms with van der Waals surface area (Å²) >= 11 is 0. The number of fused-ring (bicyclic) bond motifs is 1. The van der Waals surface area contributed by atoms with Crippen LogP contribution in [0.3, 0.4) is 0 Å². The Morgan fingerprint density at radius 3 is 2.90 bits per heavy atom. The van der Waals surface area contributed by atoms with Gasteiger partial charge in [0, 0.05) is 18.3 Å². The molecule has 0 radical (unpaired) electrons. The summed E-state index contributed by atoms with van der Waals surface area (Å²) in [5.74, 6) is 1.17. The quantitative estimate of drug-likeness (QED) is 0.603. The number of carbonyl (C=O) groups is 1. The van der Waals surface area contributed by atoms with Crippen molar-refractivity contribution in [2.45, 2.75) is 6.92 Å². The minimum Gasteiger partial charge on any atom is -0.486 e. The molecular weight excluding hydrogens is 262 g/mol. The standard InChI is InChI=1S/C14H19NO5/c1-2-18-14(16)10-17-6-5-15-11-3-4-12-13(9-11)20-8-7-19-12/h3-4,9,15H,2,5-8,10H2,1H3. The second-order valence-electron chi connectivity index (χ2n) is 4.14. The van der Waals surface area contributed by atoms with Crippen LogP contribution in [0.15, 0.2) is 18.2 Å². The lowest BCUT2D eigenvalue weighted by atomic mass is 10.2. The van der Waals surface area contributed by atoms with E-state index in [1.165, 1.54) is 0 Å². The van der Waals surface area contributed by atoms with Gasteiger partial charge in [0.15, 0.2) is 11.5 Å². The van der Waals surface area contributed by atoms with Gasteiger partial charge in [-0.05, 0) is 19.1 Å². The molecule has 1 aliphatic rings. The molecule has 6 nitrogen and oxygen atoms in total. The number of hydrogen-bond donors (Lipinski definition) is 1. The molecule has 0 bridgehead atoms. The highest BCUT2D eigenvalue weighted by atomic mass is 16.6. The molecule has 0 spiro atoms. The topological polar surface area (TPSA) is 66.0 Å². The van der Waals surface area contributed by atoms with Crippen LogP contribution in [0.25, 0.3) is 0 Å². The fourth-order valence-corrected chi connectivity index (χ4v) is 1.78. The SMILES string of the molecule is CCOC(=O)COCCNc1ccc2c(c1)OCCO2. The van der Waals surface area contributed by atoms with E-state index >= 15 is 0 Å². The molecule has 1 aromatic rings. The van der Waals surface area contributed by atoms with E-state index in [1.807, 2.05) is 18.2 Å². The van der Waals surface area contributed by atoms with E-state index in [-0.39, 0.29) is 12.6 Å².